The highest BCUT2D eigenvalue weighted by atomic mass is 32.2. The number of thiazole rings is 1. The van der Waals surface area contributed by atoms with Crippen LogP contribution in [0.15, 0.2) is 23.2 Å². The van der Waals surface area contributed by atoms with Crippen molar-refractivity contribution in [3.8, 4) is 12.3 Å². The summed E-state index contributed by atoms with van der Waals surface area (Å²) in [4.78, 5) is 55.2. The highest BCUT2D eigenvalue weighted by molar-refractivity contribution is 7.92. The van der Waals surface area contributed by atoms with E-state index < -0.39 is 45.1 Å². The van der Waals surface area contributed by atoms with E-state index in [4.69, 9.17) is 15.9 Å². The second-order valence-electron chi connectivity index (χ2n) is 9.71. The van der Waals surface area contributed by atoms with Gasteiger partial charge in [-0.25, -0.2) is 18.0 Å². The first-order valence-electron chi connectivity index (χ1n) is 13.0. The molecule has 0 saturated heterocycles. The van der Waals surface area contributed by atoms with E-state index in [1.54, 1.807) is 29.7 Å². The Kier molecular flexibility index (Phi) is 9.65. The molecule has 0 radical (unpaired) electrons. The number of nitrogens with zero attached hydrogens (tertiary/aromatic N) is 2. The third-order valence-electron chi connectivity index (χ3n) is 6.51. The van der Waals surface area contributed by atoms with Crippen LogP contribution in [-0.2, 0) is 48.3 Å². The van der Waals surface area contributed by atoms with Crippen molar-refractivity contribution < 1.29 is 37.1 Å². The Morgan fingerprint density at radius 1 is 1.19 bits per heavy atom. The van der Waals surface area contributed by atoms with Crippen LogP contribution in [0, 0.1) is 18.3 Å². The van der Waals surface area contributed by atoms with Crippen molar-refractivity contribution in [2.75, 3.05) is 30.5 Å². The minimum Gasteiger partial charge on any atom is -0.465 e. The standard InChI is InChI=1S/C28H29N3O8S3/c1-5-11-31-19-10-8-17(26(34)38-4)13-21(19)41-28(31)30-23(33)15-42(36,37)14-22(32)29-25-24(27(35)39-6-2)18-9-7-16(3)12-20(18)40-25/h1,8,10,13,16H,6-7,9,11-12,14-15H2,2-4H3,(H,29,32). The number of hydrogen-bond acceptors (Lipinski definition) is 10. The van der Waals surface area contributed by atoms with Gasteiger partial charge in [-0.2, -0.15) is 4.99 Å². The Labute approximate surface area is 250 Å². The van der Waals surface area contributed by atoms with Crippen LogP contribution in [0.3, 0.4) is 0 Å². The average Bonchev–Trinajstić information content (AvgIpc) is 3.43. The number of rotatable bonds is 9. The zero-order valence-electron chi connectivity index (χ0n) is 23.2. The van der Waals surface area contributed by atoms with Gasteiger partial charge < -0.3 is 19.4 Å². The molecule has 0 bridgehead atoms. The number of anilines is 1. The van der Waals surface area contributed by atoms with Gasteiger partial charge in [0.15, 0.2) is 14.6 Å². The smallest absolute Gasteiger partial charge is 0.341 e. The lowest BCUT2D eigenvalue weighted by Crippen LogP contribution is -2.28. The zero-order chi connectivity index (χ0) is 30.6. The lowest BCUT2D eigenvalue weighted by Gasteiger charge is -2.18. The Bertz CT molecular complexity index is 1790. The molecule has 2 amide bonds. The maximum atomic E-state index is 12.8. The van der Waals surface area contributed by atoms with Gasteiger partial charge in [-0.1, -0.05) is 24.2 Å². The van der Waals surface area contributed by atoms with Crippen LogP contribution in [0.4, 0.5) is 5.00 Å². The van der Waals surface area contributed by atoms with E-state index in [1.807, 2.05) is 0 Å². The summed E-state index contributed by atoms with van der Waals surface area (Å²) in [7, 11) is -2.97. The fourth-order valence-corrected chi connectivity index (χ4v) is 8.16. The molecule has 4 rings (SSSR count). The van der Waals surface area contributed by atoms with E-state index in [0.717, 1.165) is 34.6 Å². The number of ether oxygens (including phenoxy) is 2. The van der Waals surface area contributed by atoms with Crippen LogP contribution in [0.2, 0.25) is 0 Å². The minimum absolute atomic E-state index is 0.0468. The van der Waals surface area contributed by atoms with Gasteiger partial charge in [0.05, 0.1) is 41.6 Å². The fraction of sp³-hybridized carbons (Fsp3) is 0.393. The van der Waals surface area contributed by atoms with Gasteiger partial charge in [0.2, 0.25) is 5.91 Å². The van der Waals surface area contributed by atoms with E-state index in [0.29, 0.717) is 22.6 Å². The van der Waals surface area contributed by atoms with E-state index in [1.165, 1.54) is 18.4 Å². The molecule has 42 heavy (non-hydrogen) atoms. The van der Waals surface area contributed by atoms with E-state index >= 15 is 0 Å². The van der Waals surface area contributed by atoms with Crippen LogP contribution in [-0.4, -0.2) is 62.0 Å². The molecule has 2 heterocycles. The second kappa shape index (κ2) is 13.0. The van der Waals surface area contributed by atoms with Gasteiger partial charge >= 0.3 is 11.9 Å². The first kappa shape index (κ1) is 31.1. The first-order chi connectivity index (χ1) is 20.0. The van der Waals surface area contributed by atoms with Crippen molar-refractivity contribution in [3.63, 3.8) is 0 Å². The number of fused-ring (bicyclic) bond motifs is 2. The second-order valence-corrected chi connectivity index (χ2v) is 13.9. The van der Waals surface area contributed by atoms with E-state index in [-0.39, 0.29) is 34.1 Å². The SMILES string of the molecule is C#CCn1c(=NC(=O)CS(=O)(=O)CC(=O)Nc2sc3c(c2C(=O)OCC)CCC(C)C3)sc2cc(C(=O)OC)ccc21. The maximum absolute atomic E-state index is 12.8. The van der Waals surface area contributed by atoms with Crippen LogP contribution in [0.5, 0.6) is 0 Å². The van der Waals surface area contributed by atoms with Crippen molar-refractivity contribution in [1.29, 1.82) is 0 Å². The van der Waals surface area contributed by atoms with Gasteiger partial charge in [-0.15, -0.1) is 17.8 Å². The third-order valence-corrected chi connectivity index (χ3v) is 10.1. The monoisotopic (exact) mass is 631 g/mol. The maximum Gasteiger partial charge on any atom is 0.341 e. The van der Waals surface area contributed by atoms with Crippen molar-refractivity contribution in [2.45, 2.75) is 39.7 Å². The van der Waals surface area contributed by atoms with Crippen molar-refractivity contribution in [3.05, 3.63) is 44.6 Å². The Balaban J connectivity index is 1.53. The summed E-state index contributed by atoms with van der Waals surface area (Å²) in [6.07, 6.45) is 7.77. The number of benzene rings is 1. The summed E-state index contributed by atoms with van der Waals surface area (Å²) < 4.78 is 37.7. The highest BCUT2D eigenvalue weighted by Gasteiger charge is 2.30. The normalized spacial score (nSPS) is 15.1. The molecule has 0 saturated carbocycles. The molecular weight excluding hydrogens is 603 g/mol. The number of sulfone groups is 1. The Hall–Kier alpha value is -3.80. The summed E-state index contributed by atoms with van der Waals surface area (Å²) in [5, 5.41) is 2.81. The quantitative estimate of drug-likeness (QED) is 0.280. The molecule has 1 aromatic carbocycles. The summed E-state index contributed by atoms with van der Waals surface area (Å²) in [5.41, 5.74) is 1.98. The van der Waals surface area contributed by atoms with Crippen LogP contribution >= 0.6 is 22.7 Å². The van der Waals surface area contributed by atoms with Gasteiger partial charge in [-0.3, -0.25) is 9.59 Å². The van der Waals surface area contributed by atoms with Gasteiger partial charge in [0, 0.05) is 4.88 Å². The Morgan fingerprint density at radius 2 is 1.95 bits per heavy atom. The van der Waals surface area contributed by atoms with Gasteiger partial charge in [0.1, 0.15) is 16.5 Å². The minimum atomic E-state index is -4.22. The first-order valence-corrected chi connectivity index (χ1v) is 16.5. The van der Waals surface area contributed by atoms with Crippen molar-refractivity contribution in [1.82, 2.24) is 4.57 Å². The van der Waals surface area contributed by atoms with Crippen LogP contribution in [0.25, 0.3) is 10.2 Å². The predicted molar refractivity (Wildman–Crippen MR) is 159 cm³/mol. The number of esters is 2. The molecule has 14 heteroatoms. The summed E-state index contributed by atoms with van der Waals surface area (Å²) >= 11 is 2.30. The molecule has 0 aliphatic heterocycles. The lowest BCUT2D eigenvalue weighted by molar-refractivity contribution is -0.115. The summed E-state index contributed by atoms with van der Waals surface area (Å²) in [6, 6.07) is 4.74. The number of aromatic nitrogens is 1. The third kappa shape index (κ3) is 6.97. The predicted octanol–water partition coefficient (Wildman–Crippen LogP) is 2.97. The number of methoxy groups -OCH3 is 1. The van der Waals surface area contributed by atoms with Crippen LogP contribution in [0.1, 0.15) is 51.4 Å². The molecule has 222 valence electrons. The molecule has 1 aliphatic rings. The molecule has 3 aromatic rings. The van der Waals surface area contributed by atoms with E-state index in [9.17, 15) is 27.6 Å². The number of carbonyl (C=O) groups excluding carboxylic acids is 4. The average molecular weight is 632 g/mol. The molecule has 1 aliphatic carbocycles. The number of hydrogen-bond donors (Lipinski definition) is 1. The summed E-state index contributed by atoms with van der Waals surface area (Å²) in [6.45, 7) is 3.98. The number of nitrogens with one attached hydrogen (secondary N) is 1. The lowest BCUT2D eigenvalue weighted by atomic mass is 9.88. The molecule has 11 nitrogen and oxygen atoms in total. The van der Waals surface area contributed by atoms with Gasteiger partial charge in [0.25, 0.3) is 5.91 Å². The topological polar surface area (TPSA) is 150 Å². The molecule has 0 spiro atoms. The molecular formula is C28H29N3O8S3. The molecule has 0 fully saturated rings. The van der Waals surface area contributed by atoms with Gasteiger partial charge in [-0.05, 0) is 55.9 Å². The number of thiophene rings is 1. The van der Waals surface area contributed by atoms with Crippen molar-refractivity contribution in [2.24, 2.45) is 10.9 Å². The molecule has 2 aromatic heterocycles. The number of terminal acetylenes is 1. The Morgan fingerprint density at radius 3 is 2.64 bits per heavy atom. The van der Waals surface area contributed by atoms with Crippen LogP contribution < -0.4 is 10.1 Å². The molecule has 1 unspecified atom stereocenters. The largest absolute Gasteiger partial charge is 0.465 e. The fourth-order valence-electron chi connectivity index (χ4n) is 4.65. The van der Waals surface area contributed by atoms with E-state index in [2.05, 4.69) is 23.2 Å². The highest BCUT2D eigenvalue weighted by Crippen LogP contribution is 2.40. The summed E-state index contributed by atoms with van der Waals surface area (Å²) in [5.74, 6) is -2.08. The molecule has 1 atom stereocenters. The number of amides is 2. The zero-order valence-corrected chi connectivity index (χ0v) is 25.7. The molecule has 1 N–H and O–H groups in total. The van der Waals surface area contributed by atoms with Crippen molar-refractivity contribution >= 4 is 71.5 Å². The number of carbonyl (C=O) groups is 4.